The molecule has 2 aliphatic rings. The van der Waals surface area contributed by atoms with Crippen molar-refractivity contribution >= 4 is 28.0 Å². The fraction of sp³-hybridized carbons (Fsp3) is 0.217. The number of ether oxygens (including phenoxy) is 1. The maximum absolute atomic E-state index is 13.2. The summed E-state index contributed by atoms with van der Waals surface area (Å²) in [5, 5.41) is 1.77. The van der Waals surface area contributed by atoms with Gasteiger partial charge >= 0.3 is 0 Å². The van der Waals surface area contributed by atoms with E-state index in [-0.39, 0.29) is 11.6 Å². The molecule has 0 radical (unpaired) electrons. The van der Waals surface area contributed by atoms with E-state index in [9.17, 15) is 9.59 Å². The van der Waals surface area contributed by atoms with Gasteiger partial charge in [-0.25, -0.2) is 0 Å². The summed E-state index contributed by atoms with van der Waals surface area (Å²) in [4.78, 5) is 28.8. The van der Waals surface area contributed by atoms with Crippen molar-refractivity contribution in [1.29, 1.82) is 0 Å². The Kier molecular flexibility index (Phi) is 3.80. The summed E-state index contributed by atoms with van der Waals surface area (Å²) >= 11 is 0. The van der Waals surface area contributed by atoms with Crippen molar-refractivity contribution in [3.8, 4) is 0 Å². The number of Topliss-reactive ketones (excluding diaryl/α,β-unsaturated/α-hetero) is 2. The molecule has 0 saturated carbocycles. The Morgan fingerprint density at radius 1 is 0.778 bits per heavy atom. The summed E-state index contributed by atoms with van der Waals surface area (Å²) in [6.45, 7) is 3.01. The van der Waals surface area contributed by atoms with Gasteiger partial charge in [-0.2, -0.15) is 0 Å². The zero-order valence-corrected chi connectivity index (χ0v) is 14.9. The molecule has 1 aliphatic heterocycles. The van der Waals surface area contributed by atoms with Crippen LogP contribution < -0.4 is 4.90 Å². The van der Waals surface area contributed by atoms with Crippen LogP contribution in [0.2, 0.25) is 0 Å². The molecule has 27 heavy (non-hydrogen) atoms. The Morgan fingerprint density at radius 3 is 2.22 bits per heavy atom. The second-order valence-electron chi connectivity index (χ2n) is 7.03. The van der Waals surface area contributed by atoms with Crippen molar-refractivity contribution in [2.75, 3.05) is 31.2 Å². The van der Waals surface area contributed by atoms with Crippen LogP contribution in [0.4, 0.5) is 5.69 Å². The maximum atomic E-state index is 13.2. The molecule has 0 spiro atoms. The lowest BCUT2D eigenvalue weighted by molar-refractivity contribution is 0.0856. The number of ketones is 2. The van der Waals surface area contributed by atoms with Gasteiger partial charge in [0, 0.05) is 40.7 Å². The van der Waals surface area contributed by atoms with E-state index in [0.717, 1.165) is 35.1 Å². The normalized spacial score (nSPS) is 19.6. The van der Waals surface area contributed by atoms with E-state index in [1.54, 1.807) is 0 Å². The van der Waals surface area contributed by atoms with Crippen molar-refractivity contribution in [3.05, 3.63) is 77.4 Å². The first-order valence-corrected chi connectivity index (χ1v) is 9.27. The topological polar surface area (TPSA) is 46.6 Å². The molecule has 3 aromatic rings. The van der Waals surface area contributed by atoms with Gasteiger partial charge in [0.1, 0.15) is 5.92 Å². The summed E-state index contributed by atoms with van der Waals surface area (Å²) in [6.07, 6.45) is 0. The first kappa shape index (κ1) is 16.2. The average Bonchev–Trinajstić information content (AvgIpc) is 2.73. The van der Waals surface area contributed by atoms with E-state index < -0.39 is 5.92 Å². The molecule has 1 fully saturated rings. The second kappa shape index (κ2) is 6.32. The molecule has 0 amide bonds. The number of hydrogen-bond donors (Lipinski definition) is 0. The molecule has 3 aromatic carbocycles. The van der Waals surface area contributed by atoms with Crippen LogP contribution in [0.15, 0.2) is 60.7 Å². The van der Waals surface area contributed by atoms with E-state index in [1.807, 2.05) is 60.7 Å². The van der Waals surface area contributed by atoms with Crippen LogP contribution >= 0.6 is 0 Å². The largest absolute Gasteiger partial charge is 0.378 e. The van der Waals surface area contributed by atoms with Crippen molar-refractivity contribution < 1.29 is 14.3 Å². The van der Waals surface area contributed by atoms with Crippen LogP contribution in [0.25, 0.3) is 10.8 Å². The molecule has 0 bridgehead atoms. The Bertz CT molecular complexity index is 1030. The minimum Gasteiger partial charge on any atom is -0.378 e. The Labute approximate surface area is 157 Å². The SMILES string of the molecule is O=C1c2cccc3c(N4CCOCC4)ccc(c23)C(=O)C1c1ccccc1. The number of carbonyl (C=O) groups excluding carboxylic acids is 2. The molecular weight excluding hydrogens is 338 g/mol. The molecule has 1 saturated heterocycles. The van der Waals surface area contributed by atoms with Crippen LogP contribution in [0.5, 0.6) is 0 Å². The molecule has 5 rings (SSSR count). The van der Waals surface area contributed by atoms with Crippen molar-refractivity contribution in [2.45, 2.75) is 5.92 Å². The smallest absolute Gasteiger partial charge is 0.178 e. The molecule has 1 atom stereocenters. The molecule has 4 heteroatoms. The highest BCUT2D eigenvalue weighted by Gasteiger charge is 2.37. The molecule has 1 heterocycles. The first-order chi connectivity index (χ1) is 13.3. The summed E-state index contributed by atoms with van der Waals surface area (Å²) < 4.78 is 5.46. The van der Waals surface area contributed by atoms with Gasteiger partial charge in [0.05, 0.1) is 13.2 Å². The quantitative estimate of drug-likeness (QED) is 0.654. The number of morpholine rings is 1. The van der Waals surface area contributed by atoms with Gasteiger partial charge < -0.3 is 9.64 Å². The number of anilines is 1. The summed E-state index contributed by atoms with van der Waals surface area (Å²) in [6, 6.07) is 19.0. The van der Waals surface area contributed by atoms with Crippen LogP contribution in [0.3, 0.4) is 0 Å². The van der Waals surface area contributed by atoms with Gasteiger partial charge in [-0.1, -0.05) is 48.5 Å². The fourth-order valence-corrected chi connectivity index (χ4v) is 4.26. The van der Waals surface area contributed by atoms with Gasteiger partial charge in [0.15, 0.2) is 11.6 Å². The van der Waals surface area contributed by atoms with Gasteiger partial charge in [-0.3, -0.25) is 9.59 Å². The molecule has 1 aliphatic carbocycles. The third-order valence-electron chi connectivity index (χ3n) is 5.56. The van der Waals surface area contributed by atoms with E-state index in [1.165, 1.54) is 0 Å². The van der Waals surface area contributed by atoms with Crippen LogP contribution in [0.1, 0.15) is 32.2 Å². The zero-order valence-electron chi connectivity index (χ0n) is 14.9. The fourth-order valence-electron chi connectivity index (χ4n) is 4.26. The number of nitrogens with zero attached hydrogens (tertiary/aromatic N) is 1. The van der Waals surface area contributed by atoms with E-state index in [0.29, 0.717) is 24.3 Å². The highest BCUT2D eigenvalue weighted by Crippen LogP contribution is 2.40. The van der Waals surface area contributed by atoms with Crippen LogP contribution in [-0.4, -0.2) is 37.9 Å². The lowest BCUT2D eigenvalue weighted by Gasteiger charge is -2.31. The molecule has 134 valence electrons. The summed E-state index contributed by atoms with van der Waals surface area (Å²) in [7, 11) is 0. The summed E-state index contributed by atoms with van der Waals surface area (Å²) in [5.41, 5.74) is 3.11. The molecule has 0 N–H and O–H groups in total. The van der Waals surface area contributed by atoms with E-state index in [4.69, 9.17) is 4.74 Å². The second-order valence-corrected chi connectivity index (χ2v) is 7.03. The standard InChI is InChI=1S/C23H19NO3/c25-22-17-8-4-7-16-19(24-11-13-27-14-12-24)10-9-18(21(16)17)23(26)20(22)15-5-2-1-3-6-15/h1-10,20H,11-14H2. The average molecular weight is 357 g/mol. The highest BCUT2D eigenvalue weighted by atomic mass is 16.5. The third-order valence-corrected chi connectivity index (χ3v) is 5.56. The van der Waals surface area contributed by atoms with Gasteiger partial charge in [-0.15, -0.1) is 0 Å². The number of hydrogen-bond acceptors (Lipinski definition) is 4. The lowest BCUT2D eigenvalue weighted by Crippen LogP contribution is -2.36. The first-order valence-electron chi connectivity index (χ1n) is 9.27. The molecule has 4 nitrogen and oxygen atoms in total. The molecule has 1 unspecified atom stereocenters. The summed E-state index contributed by atoms with van der Waals surface area (Å²) in [5.74, 6) is -0.967. The minimum absolute atomic E-state index is 0.108. The third kappa shape index (κ3) is 2.48. The number of benzene rings is 3. The lowest BCUT2D eigenvalue weighted by atomic mass is 9.76. The molecule has 0 aromatic heterocycles. The predicted molar refractivity (Wildman–Crippen MR) is 105 cm³/mol. The maximum Gasteiger partial charge on any atom is 0.178 e. The number of rotatable bonds is 2. The van der Waals surface area contributed by atoms with Gasteiger partial charge in [0.2, 0.25) is 0 Å². The van der Waals surface area contributed by atoms with E-state index >= 15 is 0 Å². The highest BCUT2D eigenvalue weighted by molar-refractivity contribution is 6.32. The zero-order chi connectivity index (χ0) is 18.4. The predicted octanol–water partition coefficient (Wildman–Crippen LogP) is 3.84. The Morgan fingerprint density at radius 2 is 1.48 bits per heavy atom. The number of carbonyl (C=O) groups is 2. The van der Waals surface area contributed by atoms with E-state index in [2.05, 4.69) is 4.90 Å². The monoisotopic (exact) mass is 357 g/mol. The van der Waals surface area contributed by atoms with Crippen molar-refractivity contribution in [1.82, 2.24) is 0 Å². The van der Waals surface area contributed by atoms with Crippen molar-refractivity contribution in [2.24, 2.45) is 0 Å². The Balaban J connectivity index is 1.70. The minimum atomic E-state index is -0.751. The van der Waals surface area contributed by atoms with Gasteiger partial charge in [-0.05, 0) is 17.7 Å². The Hall–Kier alpha value is -2.98. The van der Waals surface area contributed by atoms with Crippen LogP contribution in [-0.2, 0) is 4.74 Å². The van der Waals surface area contributed by atoms with Gasteiger partial charge in [0.25, 0.3) is 0 Å². The molecular formula is C23H19NO3. The van der Waals surface area contributed by atoms with Crippen LogP contribution in [0, 0.1) is 0 Å². The van der Waals surface area contributed by atoms with Crippen molar-refractivity contribution in [3.63, 3.8) is 0 Å².